The Morgan fingerprint density at radius 1 is 1.00 bits per heavy atom. The molecule has 2 aromatic carbocycles. The van der Waals surface area contributed by atoms with Gasteiger partial charge in [-0.2, -0.15) is 0 Å². The fourth-order valence-corrected chi connectivity index (χ4v) is 3.73. The van der Waals surface area contributed by atoms with Crippen molar-refractivity contribution < 1.29 is 19.1 Å². The Kier molecular flexibility index (Phi) is 5.63. The highest BCUT2D eigenvalue weighted by molar-refractivity contribution is 6.21. The lowest BCUT2D eigenvalue weighted by Crippen LogP contribution is -2.31. The zero-order valence-electron chi connectivity index (χ0n) is 16.8. The van der Waals surface area contributed by atoms with Gasteiger partial charge in [-0.05, 0) is 42.8 Å². The summed E-state index contributed by atoms with van der Waals surface area (Å²) in [5.41, 5.74) is 2.66. The maximum Gasteiger partial charge on any atom is 0.261 e. The maximum atomic E-state index is 12.4. The second-order valence-corrected chi connectivity index (χ2v) is 7.23. The summed E-state index contributed by atoms with van der Waals surface area (Å²) >= 11 is 0. The smallest absolute Gasteiger partial charge is 0.261 e. The van der Waals surface area contributed by atoms with Gasteiger partial charge in [-0.15, -0.1) is 0 Å². The van der Waals surface area contributed by atoms with Crippen molar-refractivity contribution in [3.05, 3.63) is 65.9 Å². The minimum atomic E-state index is -0.292. The fourth-order valence-electron chi connectivity index (χ4n) is 3.73. The second kappa shape index (κ2) is 8.51. The zero-order valence-corrected chi connectivity index (χ0v) is 16.8. The maximum absolute atomic E-state index is 12.4. The summed E-state index contributed by atoms with van der Waals surface area (Å²) in [5, 5.41) is 3.93. The van der Waals surface area contributed by atoms with E-state index in [1.165, 1.54) is 4.90 Å². The van der Waals surface area contributed by atoms with Gasteiger partial charge in [0.2, 0.25) is 5.91 Å². The molecule has 0 atom stereocenters. The molecule has 0 unspecified atom stereocenters. The minimum Gasteiger partial charge on any atom is -0.383 e. The lowest BCUT2D eigenvalue weighted by molar-refractivity contribution is -0.116. The number of carbonyl (C=O) groups excluding carboxylic acids is 3. The first-order chi connectivity index (χ1) is 14.6. The Bertz CT molecular complexity index is 1080. The van der Waals surface area contributed by atoms with Crippen LogP contribution in [0.1, 0.15) is 33.6 Å². The average molecular weight is 405 g/mol. The summed E-state index contributed by atoms with van der Waals surface area (Å²) in [6.07, 6.45) is 2.63. The average Bonchev–Trinajstić information content (AvgIpc) is 3.26. The number of methoxy groups -OCH3 is 1. The molecule has 154 valence electrons. The second-order valence-electron chi connectivity index (χ2n) is 7.23. The summed E-state index contributed by atoms with van der Waals surface area (Å²) in [4.78, 5) is 38.3. The minimum absolute atomic E-state index is 0.148. The van der Waals surface area contributed by atoms with Crippen molar-refractivity contribution in [3.63, 3.8) is 0 Å². The van der Waals surface area contributed by atoms with Gasteiger partial charge < -0.3 is 14.6 Å². The monoisotopic (exact) mass is 405 g/mol. The molecule has 1 N–H and O–H groups in total. The number of imide groups is 1. The van der Waals surface area contributed by atoms with E-state index in [9.17, 15) is 14.4 Å². The van der Waals surface area contributed by atoms with Crippen LogP contribution in [0.15, 0.2) is 54.7 Å². The van der Waals surface area contributed by atoms with Crippen LogP contribution in [0.25, 0.3) is 10.9 Å². The molecule has 7 heteroatoms. The van der Waals surface area contributed by atoms with E-state index in [1.807, 2.05) is 30.5 Å². The summed E-state index contributed by atoms with van der Waals surface area (Å²) in [7, 11) is 1.67. The van der Waals surface area contributed by atoms with E-state index in [0.717, 1.165) is 23.1 Å². The number of hydrogen-bond acceptors (Lipinski definition) is 4. The van der Waals surface area contributed by atoms with Crippen LogP contribution >= 0.6 is 0 Å². The van der Waals surface area contributed by atoms with E-state index in [2.05, 4.69) is 9.88 Å². The number of nitrogens with zero attached hydrogens (tertiary/aromatic N) is 2. The molecule has 2 heterocycles. The molecule has 0 bridgehead atoms. The van der Waals surface area contributed by atoms with Crippen molar-refractivity contribution >= 4 is 34.3 Å². The van der Waals surface area contributed by atoms with E-state index >= 15 is 0 Å². The van der Waals surface area contributed by atoms with E-state index in [-0.39, 0.29) is 30.7 Å². The Hall–Kier alpha value is -3.45. The first kappa shape index (κ1) is 19.8. The molecule has 0 spiro atoms. The largest absolute Gasteiger partial charge is 0.383 e. The number of benzene rings is 2. The van der Waals surface area contributed by atoms with Crippen molar-refractivity contribution in [2.75, 3.05) is 25.6 Å². The SMILES string of the molecule is COCCn1ccc2cc(NC(=O)CCCN3C(=O)c4ccccc4C3=O)ccc21. The van der Waals surface area contributed by atoms with Crippen molar-refractivity contribution in [2.45, 2.75) is 19.4 Å². The van der Waals surface area contributed by atoms with E-state index in [1.54, 1.807) is 31.4 Å². The number of anilines is 1. The molecule has 1 aliphatic rings. The lowest BCUT2D eigenvalue weighted by atomic mass is 10.1. The number of rotatable bonds is 8. The highest BCUT2D eigenvalue weighted by Gasteiger charge is 2.34. The third-order valence-corrected chi connectivity index (χ3v) is 5.25. The molecule has 0 radical (unpaired) electrons. The third kappa shape index (κ3) is 3.84. The van der Waals surface area contributed by atoms with Crippen LogP contribution in [-0.2, 0) is 16.1 Å². The highest BCUT2D eigenvalue weighted by atomic mass is 16.5. The van der Waals surface area contributed by atoms with Gasteiger partial charge in [-0.1, -0.05) is 12.1 Å². The molecule has 3 amide bonds. The van der Waals surface area contributed by atoms with Gasteiger partial charge in [-0.3, -0.25) is 19.3 Å². The lowest BCUT2D eigenvalue weighted by Gasteiger charge is -2.13. The van der Waals surface area contributed by atoms with E-state index in [4.69, 9.17) is 4.74 Å². The van der Waals surface area contributed by atoms with Crippen LogP contribution in [0.5, 0.6) is 0 Å². The van der Waals surface area contributed by atoms with Crippen molar-refractivity contribution in [1.29, 1.82) is 0 Å². The first-order valence-electron chi connectivity index (χ1n) is 9.91. The van der Waals surface area contributed by atoms with Gasteiger partial charge in [-0.25, -0.2) is 0 Å². The Labute approximate surface area is 174 Å². The fraction of sp³-hybridized carbons (Fsp3) is 0.261. The third-order valence-electron chi connectivity index (χ3n) is 5.25. The number of ether oxygens (including phenoxy) is 1. The molecule has 30 heavy (non-hydrogen) atoms. The Morgan fingerprint density at radius 2 is 1.73 bits per heavy atom. The summed E-state index contributed by atoms with van der Waals surface area (Å²) in [6.45, 7) is 1.63. The molecule has 0 saturated heterocycles. The molecule has 1 aliphatic heterocycles. The molecule has 3 aromatic rings. The van der Waals surface area contributed by atoms with Crippen LogP contribution in [0.4, 0.5) is 5.69 Å². The van der Waals surface area contributed by atoms with Crippen LogP contribution in [0.3, 0.4) is 0 Å². The van der Waals surface area contributed by atoms with Crippen molar-refractivity contribution in [1.82, 2.24) is 9.47 Å². The molecule has 4 rings (SSSR count). The van der Waals surface area contributed by atoms with Crippen LogP contribution < -0.4 is 5.32 Å². The van der Waals surface area contributed by atoms with Crippen LogP contribution in [0.2, 0.25) is 0 Å². The predicted octanol–water partition coefficient (Wildman–Crippen LogP) is 3.30. The molecule has 0 saturated carbocycles. The zero-order chi connectivity index (χ0) is 21.1. The number of amides is 3. The van der Waals surface area contributed by atoms with Crippen LogP contribution in [-0.4, -0.2) is 47.4 Å². The molecule has 0 aliphatic carbocycles. The Morgan fingerprint density at radius 3 is 2.43 bits per heavy atom. The number of hydrogen-bond donors (Lipinski definition) is 1. The highest BCUT2D eigenvalue weighted by Crippen LogP contribution is 2.23. The van der Waals surface area contributed by atoms with Crippen molar-refractivity contribution in [2.24, 2.45) is 0 Å². The van der Waals surface area contributed by atoms with Gasteiger partial charge >= 0.3 is 0 Å². The molecular formula is C23H23N3O4. The number of fused-ring (bicyclic) bond motifs is 2. The number of nitrogens with one attached hydrogen (secondary N) is 1. The summed E-state index contributed by atoms with van der Waals surface area (Å²) in [5.74, 6) is -0.733. The predicted molar refractivity (Wildman–Crippen MR) is 113 cm³/mol. The topological polar surface area (TPSA) is 80.6 Å². The molecule has 1 aromatic heterocycles. The number of carbonyl (C=O) groups is 3. The number of aromatic nitrogens is 1. The molecular weight excluding hydrogens is 382 g/mol. The quantitative estimate of drug-likeness (QED) is 0.583. The van der Waals surface area contributed by atoms with Gasteiger partial charge in [0.25, 0.3) is 11.8 Å². The van der Waals surface area contributed by atoms with Crippen LogP contribution in [0, 0.1) is 0 Å². The first-order valence-corrected chi connectivity index (χ1v) is 9.91. The van der Waals surface area contributed by atoms with Gasteiger partial charge in [0, 0.05) is 49.4 Å². The van der Waals surface area contributed by atoms with Crippen molar-refractivity contribution in [3.8, 4) is 0 Å². The Balaban J connectivity index is 1.31. The summed E-state index contributed by atoms with van der Waals surface area (Å²) in [6, 6.07) is 14.6. The normalized spacial score (nSPS) is 13.2. The van der Waals surface area contributed by atoms with E-state index < -0.39 is 0 Å². The summed E-state index contributed by atoms with van der Waals surface area (Å²) < 4.78 is 7.23. The van der Waals surface area contributed by atoms with E-state index in [0.29, 0.717) is 24.2 Å². The van der Waals surface area contributed by atoms with Gasteiger partial charge in [0.1, 0.15) is 0 Å². The molecule has 0 fully saturated rings. The van der Waals surface area contributed by atoms with Gasteiger partial charge in [0.15, 0.2) is 0 Å². The standard InChI is InChI=1S/C23H23N3O4/c1-30-14-13-25-12-10-16-15-17(8-9-20(16)25)24-21(27)7-4-11-26-22(28)18-5-2-3-6-19(18)23(26)29/h2-3,5-6,8-10,12,15H,4,7,11,13-14H2,1H3,(H,24,27). The molecule has 7 nitrogen and oxygen atoms in total. The van der Waals surface area contributed by atoms with Gasteiger partial charge in [0.05, 0.1) is 17.7 Å².